The molecular formula is C18H14F3NO4. The number of aryl methyl sites for hydroxylation is 1. The van der Waals surface area contributed by atoms with E-state index in [1.165, 1.54) is 19.2 Å². The molecule has 2 aromatic carbocycles. The molecule has 136 valence electrons. The van der Waals surface area contributed by atoms with Crippen LogP contribution in [0.3, 0.4) is 0 Å². The van der Waals surface area contributed by atoms with Gasteiger partial charge in [0.25, 0.3) is 5.91 Å². The van der Waals surface area contributed by atoms with Crippen LogP contribution in [0.15, 0.2) is 46.9 Å². The van der Waals surface area contributed by atoms with Crippen molar-refractivity contribution >= 4 is 22.6 Å². The standard InChI is InChI=1S/C18H14F3NO4/c1-10-14-9-12(24-2)6-7-15(14)25-16(10)17(23)22-11-4-3-5-13(8-11)26-18(19,20)21/h3-9H,1-2H3,(H,22,23). The van der Waals surface area contributed by atoms with Crippen molar-refractivity contribution < 1.29 is 31.9 Å². The van der Waals surface area contributed by atoms with Crippen molar-refractivity contribution in [3.63, 3.8) is 0 Å². The lowest BCUT2D eigenvalue weighted by Gasteiger charge is -2.10. The van der Waals surface area contributed by atoms with E-state index in [0.29, 0.717) is 22.3 Å². The Kier molecular flexibility index (Phi) is 4.50. The van der Waals surface area contributed by atoms with Crippen LogP contribution in [0.25, 0.3) is 11.0 Å². The predicted octanol–water partition coefficient (Wildman–Crippen LogP) is 4.90. The van der Waals surface area contributed by atoms with Gasteiger partial charge in [-0.3, -0.25) is 4.79 Å². The zero-order valence-corrected chi connectivity index (χ0v) is 13.8. The van der Waals surface area contributed by atoms with Gasteiger partial charge in [0.2, 0.25) is 0 Å². The molecule has 8 heteroatoms. The number of rotatable bonds is 4. The third kappa shape index (κ3) is 3.74. The van der Waals surface area contributed by atoms with Gasteiger partial charge in [0.15, 0.2) is 5.76 Å². The maximum Gasteiger partial charge on any atom is 0.573 e. The average molecular weight is 365 g/mol. The van der Waals surface area contributed by atoms with Gasteiger partial charge in [0, 0.05) is 22.7 Å². The minimum Gasteiger partial charge on any atom is -0.497 e. The summed E-state index contributed by atoms with van der Waals surface area (Å²) in [6, 6.07) is 10.1. The largest absolute Gasteiger partial charge is 0.573 e. The molecule has 0 bridgehead atoms. The van der Waals surface area contributed by atoms with Gasteiger partial charge in [-0.2, -0.15) is 0 Å². The number of ether oxygens (including phenoxy) is 2. The van der Waals surface area contributed by atoms with E-state index >= 15 is 0 Å². The minimum absolute atomic E-state index is 0.0652. The van der Waals surface area contributed by atoms with Gasteiger partial charge in [0.05, 0.1) is 7.11 Å². The highest BCUT2D eigenvalue weighted by molar-refractivity contribution is 6.06. The summed E-state index contributed by atoms with van der Waals surface area (Å²) < 4.78 is 51.4. The highest BCUT2D eigenvalue weighted by Gasteiger charge is 2.31. The number of hydrogen-bond donors (Lipinski definition) is 1. The molecule has 0 saturated heterocycles. The fourth-order valence-corrected chi connectivity index (χ4v) is 2.50. The summed E-state index contributed by atoms with van der Waals surface area (Å²) in [4.78, 5) is 12.5. The number of anilines is 1. The molecule has 1 heterocycles. The third-order valence-electron chi connectivity index (χ3n) is 3.68. The van der Waals surface area contributed by atoms with Crippen LogP contribution < -0.4 is 14.8 Å². The van der Waals surface area contributed by atoms with E-state index in [4.69, 9.17) is 9.15 Å². The third-order valence-corrected chi connectivity index (χ3v) is 3.68. The fourth-order valence-electron chi connectivity index (χ4n) is 2.50. The first-order valence-corrected chi connectivity index (χ1v) is 7.51. The molecule has 1 aromatic heterocycles. The van der Waals surface area contributed by atoms with Crippen LogP contribution in [-0.4, -0.2) is 19.4 Å². The summed E-state index contributed by atoms with van der Waals surface area (Å²) in [6.45, 7) is 1.71. The van der Waals surface area contributed by atoms with Crippen LogP contribution in [0.2, 0.25) is 0 Å². The number of carbonyl (C=O) groups is 1. The van der Waals surface area contributed by atoms with Gasteiger partial charge in [-0.05, 0) is 37.3 Å². The Bertz CT molecular complexity index is 963. The average Bonchev–Trinajstić information content (AvgIpc) is 2.90. The van der Waals surface area contributed by atoms with Crippen LogP contribution in [0, 0.1) is 6.92 Å². The molecule has 26 heavy (non-hydrogen) atoms. The van der Waals surface area contributed by atoms with Crippen molar-refractivity contribution in [2.45, 2.75) is 13.3 Å². The van der Waals surface area contributed by atoms with Gasteiger partial charge in [0.1, 0.15) is 17.1 Å². The number of fused-ring (bicyclic) bond motifs is 1. The number of furan rings is 1. The van der Waals surface area contributed by atoms with Crippen LogP contribution in [0.1, 0.15) is 16.1 Å². The van der Waals surface area contributed by atoms with Crippen molar-refractivity contribution in [3.8, 4) is 11.5 Å². The molecule has 1 N–H and O–H groups in total. The Morgan fingerprint density at radius 1 is 1.12 bits per heavy atom. The van der Waals surface area contributed by atoms with E-state index in [0.717, 1.165) is 12.1 Å². The monoisotopic (exact) mass is 365 g/mol. The Balaban J connectivity index is 1.85. The first kappa shape index (κ1) is 17.7. The lowest BCUT2D eigenvalue weighted by atomic mass is 10.1. The maximum atomic E-state index is 12.5. The van der Waals surface area contributed by atoms with E-state index in [1.807, 2.05) is 0 Å². The minimum atomic E-state index is -4.81. The molecule has 0 aliphatic carbocycles. The molecule has 0 fully saturated rings. The van der Waals surface area contributed by atoms with E-state index in [9.17, 15) is 18.0 Å². The lowest BCUT2D eigenvalue weighted by Crippen LogP contribution is -2.17. The highest BCUT2D eigenvalue weighted by atomic mass is 19.4. The summed E-state index contributed by atoms with van der Waals surface area (Å²) in [5.41, 5.74) is 1.25. The first-order chi connectivity index (χ1) is 12.3. The summed E-state index contributed by atoms with van der Waals surface area (Å²) in [5, 5.41) is 3.22. The van der Waals surface area contributed by atoms with Crippen molar-refractivity contribution in [1.29, 1.82) is 0 Å². The quantitative estimate of drug-likeness (QED) is 0.714. The Hall–Kier alpha value is -3.16. The van der Waals surface area contributed by atoms with Crippen LogP contribution in [0.5, 0.6) is 11.5 Å². The highest BCUT2D eigenvalue weighted by Crippen LogP contribution is 2.30. The van der Waals surface area contributed by atoms with E-state index < -0.39 is 18.0 Å². The number of benzene rings is 2. The second kappa shape index (κ2) is 6.62. The molecule has 3 rings (SSSR count). The molecule has 0 radical (unpaired) electrons. The second-order valence-electron chi connectivity index (χ2n) is 5.45. The molecule has 0 aliphatic heterocycles. The van der Waals surface area contributed by atoms with Gasteiger partial charge in [-0.25, -0.2) is 0 Å². The maximum absolute atomic E-state index is 12.5. The van der Waals surface area contributed by atoms with Crippen LogP contribution in [0.4, 0.5) is 18.9 Å². The van der Waals surface area contributed by atoms with Crippen molar-refractivity contribution in [2.24, 2.45) is 0 Å². The summed E-state index contributed by atoms with van der Waals surface area (Å²) in [6.07, 6.45) is -4.81. The van der Waals surface area contributed by atoms with Crippen molar-refractivity contribution in [2.75, 3.05) is 12.4 Å². The molecular weight excluding hydrogens is 351 g/mol. The topological polar surface area (TPSA) is 60.7 Å². The van der Waals surface area contributed by atoms with Crippen LogP contribution >= 0.6 is 0 Å². The smallest absolute Gasteiger partial charge is 0.497 e. The fraction of sp³-hybridized carbons (Fsp3) is 0.167. The Morgan fingerprint density at radius 3 is 2.58 bits per heavy atom. The lowest BCUT2D eigenvalue weighted by molar-refractivity contribution is -0.274. The van der Waals surface area contributed by atoms with Crippen molar-refractivity contribution in [3.05, 3.63) is 53.8 Å². The summed E-state index contributed by atoms with van der Waals surface area (Å²) in [5.74, 6) is -0.330. The Morgan fingerprint density at radius 2 is 1.88 bits per heavy atom. The molecule has 3 aromatic rings. The van der Waals surface area contributed by atoms with E-state index in [2.05, 4.69) is 10.1 Å². The number of methoxy groups -OCH3 is 1. The number of hydrogen-bond acceptors (Lipinski definition) is 4. The zero-order valence-electron chi connectivity index (χ0n) is 13.8. The molecule has 0 spiro atoms. The molecule has 0 saturated carbocycles. The molecule has 0 aliphatic rings. The van der Waals surface area contributed by atoms with Crippen LogP contribution in [-0.2, 0) is 0 Å². The number of nitrogens with one attached hydrogen (secondary N) is 1. The molecule has 0 unspecified atom stereocenters. The number of alkyl halides is 3. The molecule has 0 atom stereocenters. The second-order valence-corrected chi connectivity index (χ2v) is 5.45. The van der Waals surface area contributed by atoms with Gasteiger partial charge >= 0.3 is 6.36 Å². The van der Waals surface area contributed by atoms with Gasteiger partial charge < -0.3 is 19.2 Å². The zero-order chi connectivity index (χ0) is 18.9. The SMILES string of the molecule is COc1ccc2oc(C(=O)Nc3cccc(OC(F)(F)F)c3)c(C)c2c1. The summed E-state index contributed by atoms with van der Waals surface area (Å²) >= 11 is 0. The van der Waals surface area contributed by atoms with Crippen molar-refractivity contribution in [1.82, 2.24) is 0 Å². The Labute approximate surface area is 146 Å². The number of amides is 1. The van der Waals surface area contributed by atoms with E-state index in [-0.39, 0.29) is 11.4 Å². The number of carbonyl (C=O) groups excluding carboxylic acids is 1. The van der Waals surface area contributed by atoms with Gasteiger partial charge in [-0.1, -0.05) is 6.07 Å². The predicted molar refractivity (Wildman–Crippen MR) is 88.6 cm³/mol. The number of halogens is 3. The first-order valence-electron chi connectivity index (χ1n) is 7.51. The summed E-state index contributed by atoms with van der Waals surface area (Å²) in [7, 11) is 1.53. The molecule has 5 nitrogen and oxygen atoms in total. The van der Waals surface area contributed by atoms with Gasteiger partial charge in [-0.15, -0.1) is 13.2 Å². The molecule has 1 amide bonds. The van der Waals surface area contributed by atoms with E-state index in [1.54, 1.807) is 25.1 Å². The normalized spacial score (nSPS) is 11.4.